The van der Waals surface area contributed by atoms with Crippen LogP contribution in [0.25, 0.3) is 0 Å². The van der Waals surface area contributed by atoms with Crippen LogP contribution in [-0.4, -0.2) is 11.0 Å². The molecule has 0 heterocycles. The van der Waals surface area contributed by atoms with Gasteiger partial charge < -0.3 is 5.21 Å². The highest BCUT2D eigenvalue weighted by atomic mass is 35.5. The first-order valence-corrected chi connectivity index (χ1v) is 6.23. The topological polar surface area (TPSA) is 26.1 Å². The SMILES string of the molecule is [O-][N+](=Cc1ccccc1)c1ccc(Cl)c(Cl)c1Cl. The van der Waals surface area contributed by atoms with E-state index in [1.807, 2.05) is 30.3 Å². The van der Waals surface area contributed by atoms with Gasteiger partial charge in [-0.3, -0.25) is 0 Å². The first kappa shape index (κ1) is 13.2. The van der Waals surface area contributed by atoms with E-state index in [0.717, 1.165) is 5.56 Å². The Bertz CT molecular complexity index is 597. The summed E-state index contributed by atoms with van der Waals surface area (Å²) in [5.74, 6) is 0. The first-order valence-electron chi connectivity index (χ1n) is 5.09. The van der Waals surface area contributed by atoms with Crippen molar-refractivity contribution in [3.05, 3.63) is 68.3 Å². The highest BCUT2D eigenvalue weighted by molar-refractivity contribution is 6.48. The normalized spacial score (nSPS) is 11.6. The molecule has 92 valence electrons. The highest BCUT2D eigenvalue weighted by Crippen LogP contribution is 2.36. The molecule has 2 rings (SSSR count). The van der Waals surface area contributed by atoms with E-state index in [-0.39, 0.29) is 15.7 Å². The molecular formula is C13H8Cl3NO. The second-order valence-corrected chi connectivity index (χ2v) is 4.72. The van der Waals surface area contributed by atoms with Crippen LogP contribution in [0.15, 0.2) is 42.5 Å². The number of hydrogen-bond acceptors (Lipinski definition) is 1. The lowest BCUT2D eigenvalue weighted by atomic mass is 10.2. The van der Waals surface area contributed by atoms with E-state index in [9.17, 15) is 5.21 Å². The van der Waals surface area contributed by atoms with Crippen LogP contribution in [0.5, 0.6) is 0 Å². The number of benzene rings is 2. The van der Waals surface area contributed by atoms with Crippen molar-refractivity contribution in [3.8, 4) is 0 Å². The van der Waals surface area contributed by atoms with Gasteiger partial charge in [0, 0.05) is 11.6 Å². The van der Waals surface area contributed by atoms with E-state index in [2.05, 4.69) is 0 Å². The summed E-state index contributed by atoms with van der Waals surface area (Å²) in [6, 6.07) is 12.3. The quantitative estimate of drug-likeness (QED) is 0.254. The van der Waals surface area contributed by atoms with Crippen LogP contribution in [0.1, 0.15) is 5.56 Å². The van der Waals surface area contributed by atoms with Crippen molar-refractivity contribution in [2.75, 3.05) is 0 Å². The summed E-state index contributed by atoms with van der Waals surface area (Å²) in [7, 11) is 0. The smallest absolute Gasteiger partial charge is 0.236 e. The zero-order valence-corrected chi connectivity index (χ0v) is 11.4. The zero-order valence-electron chi connectivity index (χ0n) is 9.11. The molecule has 0 saturated heterocycles. The molecule has 0 aliphatic carbocycles. The van der Waals surface area contributed by atoms with Crippen LogP contribution in [0.4, 0.5) is 5.69 Å². The Balaban J connectivity index is 2.44. The molecule has 0 N–H and O–H groups in total. The predicted molar refractivity (Wildman–Crippen MR) is 76.4 cm³/mol. The third kappa shape index (κ3) is 2.78. The average molecular weight is 301 g/mol. The summed E-state index contributed by atoms with van der Waals surface area (Å²) in [6.45, 7) is 0. The fourth-order valence-electron chi connectivity index (χ4n) is 1.43. The monoisotopic (exact) mass is 299 g/mol. The fourth-order valence-corrected chi connectivity index (χ4v) is 2.04. The maximum absolute atomic E-state index is 12.0. The molecule has 2 aromatic carbocycles. The molecule has 2 aromatic rings. The van der Waals surface area contributed by atoms with Crippen LogP contribution in [0.2, 0.25) is 15.1 Å². The molecule has 0 fully saturated rings. The van der Waals surface area contributed by atoms with Gasteiger partial charge in [0.1, 0.15) is 5.02 Å². The van der Waals surface area contributed by atoms with Crippen molar-refractivity contribution >= 4 is 46.7 Å². The van der Waals surface area contributed by atoms with Gasteiger partial charge in [-0.05, 0) is 18.2 Å². The molecule has 0 aromatic heterocycles. The Morgan fingerprint density at radius 2 is 1.56 bits per heavy atom. The summed E-state index contributed by atoms with van der Waals surface area (Å²) >= 11 is 17.7. The third-order valence-electron chi connectivity index (χ3n) is 2.32. The highest BCUT2D eigenvalue weighted by Gasteiger charge is 2.14. The van der Waals surface area contributed by atoms with Gasteiger partial charge in [-0.2, -0.15) is 4.74 Å². The summed E-state index contributed by atoms with van der Waals surface area (Å²) in [6.07, 6.45) is 1.42. The van der Waals surface area contributed by atoms with E-state index in [0.29, 0.717) is 9.76 Å². The molecule has 2 nitrogen and oxygen atoms in total. The van der Waals surface area contributed by atoms with Gasteiger partial charge in [0.05, 0.1) is 10.0 Å². The number of nitrogens with zero attached hydrogens (tertiary/aromatic N) is 1. The lowest BCUT2D eigenvalue weighted by molar-refractivity contribution is -0.354. The van der Waals surface area contributed by atoms with E-state index in [4.69, 9.17) is 34.8 Å². The molecule has 0 aliphatic heterocycles. The number of halogens is 3. The number of rotatable bonds is 2. The minimum Gasteiger partial charge on any atom is -0.618 e. The lowest BCUT2D eigenvalue weighted by Crippen LogP contribution is -1.99. The molecule has 5 heteroatoms. The Morgan fingerprint density at radius 1 is 0.889 bits per heavy atom. The number of hydrogen-bond donors (Lipinski definition) is 0. The Kier molecular flexibility index (Phi) is 4.12. The molecule has 18 heavy (non-hydrogen) atoms. The average Bonchev–Trinajstić information content (AvgIpc) is 2.37. The molecule has 0 amide bonds. The van der Waals surface area contributed by atoms with Crippen molar-refractivity contribution in [2.24, 2.45) is 0 Å². The lowest BCUT2D eigenvalue weighted by Gasteiger charge is -2.06. The van der Waals surface area contributed by atoms with Gasteiger partial charge in [0.2, 0.25) is 5.69 Å². The van der Waals surface area contributed by atoms with E-state index in [1.165, 1.54) is 18.3 Å². The molecular weight excluding hydrogens is 293 g/mol. The van der Waals surface area contributed by atoms with Crippen LogP contribution in [-0.2, 0) is 0 Å². The second kappa shape index (κ2) is 5.61. The maximum atomic E-state index is 12.0. The van der Waals surface area contributed by atoms with E-state index in [1.54, 1.807) is 0 Å². The van der Waals surface area contributed by atoms with Gasteiger partial charge in [0.25, 0.3) is 0 Å². The van der Waals surface area contributed by atoms with Crippen LogP contribution >= 0.6 is 34.8 Å². The molecule has 0 spiro atoms. The molecule has 0 unspecified atom stereocenters. The van der Waals surface area contributed by atoms with Gasteiger partial charge >= 0.3 is 0 Å². The summed E-state index contributed by atoms with van der Waals surface area (Å²) in [5.41, 5.74) is 1.03. The zero-order chi connectivity index (χ0) is 13.1. The van der Waals surface area contributed by atoms with Crippen molar-refractivity contribution in [1.82, 2.24) is 0 Å². The van der Waals surface area contributed by atoms with Gasteiger partial charge in [0.15, 0.2) is 6.21 Å². The standard InChI is InChI=1S/C13H8Cl3NO/c14-10-6-7-11(13(16)12(10)15)17(18)8-9-4-2-1-3-5-9/h1-8H. The van der Waals surface area contributed by atoms with Crippen LogP contribution in [0, 0.1) is 5.21 Å². The molecule has 0 saturated carbocycles. The maximum Gasteiger partial charge on any atom is 0.236 e. The largest absolute Gasteiger partial charge is 0.618 e. The first-order chi connectivity index (χ1) is 8.59. The van der Waals surface area contributed by atoms with Crippen LogP contribution < -0.4 is 0 Å². The summed E-state index contributed by atoms with van der Waals surface area (Å²) in [4.78, 5) is 0. The molecule has 0 atom stereocenters. The van der Waals surface area contributed by atoms with E-state index >= 15 is 0 Å². The summed E-state index contributed by atoms with van der Waals surface area (Å²) in [5, 5.41) is 12.6. The third-order valence-corrected chi connectivity index (χ3v) is 3.60. The van der Waals surface area contributed by atoms with Crippen molar-refractivity contribution in [2.45, 2.75) is 0 Å². The molecule has 0 aliphatic rings. The van der Waals surface area contributed by atoms with Gasteiger partial charge in [-0.25, -0.2) is 0 Å². The Labute approximate surface area is 120 Å². The molecule has 0 radical (unpaired) electrons. The minimum absolute atomic E-state index is 0.145. The predicted octanol–water partition coefficient (Wildman–Crippen LogP) is 4.91. The van der Waals surface area contributed by atoms with Crippen LogP contribution in [0.3, 0.4) is 0 Å². The van der Waals surface area contributed by atoms with E-state index < -0.39 is 0 Å². The minimum atomic E-state index is 0.145. The van der Waals surface area contributed by atoms with Crippen molar-refractivity contribution < 1.29 is 4.74 Å². The fraction of sp³-hybridized carbons (Fsp3) is 0. The van der Waals surface area contributed by atoms with Gasteiger partial charge in [-0.15, -0.1) is 0 Å². The Hall–Kier alpha value is -1.22. The second-order valence-electron chi connectivity index (χ2n) is 3.56. The molecule has 0 bridgehead atoms. The van der Waals surface area contributed by atoms with Gasteiger partial charge in [-0.1, -0.05) is 53.0 Å². The van der Waals surface area contributed by atoms with Crippen molar-refractivity contribution in [1.29, 1.82) is 0 Å². The summed E-state index contributed by atoms with van der Waals surface area (Å²) < 4.78 is 0.667. The van der Waals surface area contributed by atoms with Crippen molar-refractivity contribution in [3.63, 3.8) is 0 Å². The Morgan fingerprint density at radius 3 is 2.22 bits per heavy atom.